The third kappa shape index (κ3) is 2.43. The minimum atomic E-state index is -0.411. The van der Waals surface area contributed by atoms with E-state index in [1.165, 1.54) is 7.11 Å². The van der Waals surface area contributed by atoms with Gasteiger partial charge in [-0.25, -0.2) is 4.79 Å². The maximum Gasteiger partial charge on any atom is 0.356 e. The van der Waals surface area contributed by atoms with Crippen LogP contribution in [0.1, 0.15) is 16.1 Å². The minimum absolute atomic E-state index is 0.375. The minimum Gasteiger partial charge on any atom is -0.464 e. The van der Waals surface area contributed by atoms with E-state index in [0.29, 0.717) is 5.69 Å². The molecule has 14 heavy (non-hydrogen) atoms. The second kappa shape index (κ2) is 5.18. The van der Waals surface area contributed by atoms with E-state index in [0.717, 1.165) is 12.1 Å². The molecule has 1 heterocycles. The molecule has 0 amide bonds. The maximum atomic E-state index is 11.2. The number of H-pyrrole nitrogens is 1. The van der Waals surface area contributed by atoms with Gasteiger partial charge in [-0.2, -0.15) is 5.10 Å². The first-order valence-corrected chi connectivity index (χ1v) is 4.22. The van der Waals surface area contributed by atoms with Gasteiger partial charge in [0.05, 0.1) is 13.3 Å². The van der Waals surface area contributed by atoms with Crippen LogP contribution in [0.4, 0.5) is 0 Å². The zero-order valence-electron chi connectivity index (χ0n) is 8.20. The number of rotatable bonds is 4. The van der Waals surface area contributed by atoms with Gasteiger partial charge in [0.2, 0.25) is 0 Å². The lowest BCUT2D eigenvalue weighted by Crippen LogP contribution is -2.05. The summed E-state index contributed by atoms with van der Waals surface area (Å²) in [6.07, 6.45) is 5.29. The third-order valence-corrected chi connectivity index (χ3v) is 1.68. The predicted molar refractivity (Wildman–Crippen MR) is 52.9 cm³/mol. The highest BCUT2D eigenvalue weighted by Gasteiger charge is 2.11. The van der Waals surface area contributed by atoms with Crippen molar-refractivity contribution < 1.29 is 9.53 Å². The zero-order valence-corrected chi connectivity index (χ0v) is 8.20. The van der Waals surface area contributed by atoms with Crippen molar-refractivity contribution in [2.75, 3.05) is 20.7 Å². The number of hydrogen-bond acceptors (Lipinski definition) is 4. The van der Waals surface area contributed by atoms with Crippen molar-refractivity contribution in [3.8, 4) is 0 Å². The highest BCUT2D eigenvalue weighted by Crippen LogP contribution is 2.07. The molecule has 2 N–H and O–H groups in total. The van der Waals surface area contributed by atoms with Crippen LogP contribution in [-0.4, -0.2) is 36.9 Å². The lowest BCUT2D eigenvalue weighted by Gasteiger charge is -1.95. The largest absolute Gasteiger partial charge is 0.464 e. The summed E-state index contributed by atoms with van der Waals surface area (Å²) in [5.41, 5.74) is 1.10. The number of aromatic amines is 1. The summed E-state index contributed by atoms with van der Waals surface area (Å²) in [6.45, 7) is 0.742. The fraction of sp³-hybridized carbons (Fsp3) is 0.333. The lowest BCUT2D eigenvalue weighted by atomic mass is 10.2. The van der Waals surface area contributed by atoms with Crippen molar-refractivity contribution >= 4 is 12.0 Å². The first kappa shape index (κ1) is 10.5. The number of aromatic nitrogens is 2. The molecular formula is C9H13N3O2. The summed E-state index contributed by atoms with van der Waals surface area (Å²) in [4.78, 5) is 11.2. The topological polar surface area (TPSA) is 67.0 Å². The number of ether oxygens (including phenoxy) is 1. The first-order chi connectivity index (χ1) is 6.79. The number of esters is 1. The Morgan fingerprint density at radius 3 is 3.21 bits per heavy atom. The summed E-state index contributed by atoms with van der Waals surface area (Å²) < 4.78 is 4.58. The number of likely N-dealkylation sites (N-methyl/N-ethyl adjacent to an activating group) is 1. The summed E-state index contributed by atoms with van der Waals surface area (Å²) >= 11 is 0. The summed E-state index contributed by atoms with van der Waals surface area (Å²) in [5.74, 6) is -0.411. The van der Waals surface area contributed by atoms with Crippen molar-refractivity contribution in [1.82, 2.24) is 15.5 Å². The van der Waals surface area contributed by atoms with Crippen molar-refractivity contribution in [2.45, 2.75) is 0 Å². The van der Waals surface area contributed by atoms with Crippen LogP contribution < -0.4 is 5.32 Å². The molecular weight excluding hydrogens is 182 g/mol. The lowest BCUT2D eigenvalue weighted by molar-refractivity contribution is 0.0594. The van der Waals surface area contributed by atoms with Crippen LogP contribution in [0.2, 0.25) is 0 Å². The molecule has 0 aliphatic carbocycles. The molecule has 0 aliphatic rings. The highest BCUT2D eigenvalue weighted by atomic mass is 16.5. The Bertz CT molecular complexity index is 331. The van der Waals surface area contributed by atoms with E-state index in [1.54, 1.807) is 6.20 Å². The van der Waals surface area contributed by atoms with Crippen molar-refractivity contribution in [1.29, 1.82) is 0 Å². The Morgan fingerprint density at radius 2 is 2.57 bits per heavy atom. The third-order valence-electron chi connectivity index (χ3n) is 1.68. The van der Waals surface area contributed by atoms with E-state index in [9.17, 15) is 4.79 Å². The second-order valence-corrected chi connectivity index (χ2v) is 2.65. The number of nitrogens with one attached hydrogen (secondary N) is 2. The normalized spacial score (nSPS) is 10.7. The molecule has 5 heteroatoms. The summed E-state index contributed by atoms with van der Waals surface area (Å²) in [5, 5.41) is 9.32. The van der Waals surface area contributed by atoms with Gasteiger partial charge < -0.3 is 10.1 Å². The van der Waals surface area contributed by atoms with Gasteiger partial charge in [0.15, 0.2) is 5.69 Å². The van der Waals surface area contributed by atoms with Crippen LogP contribution in [0.15, 0.2) is 12.3 Å². The highest BCUT2D eigenvalue weighted by molar-refractivity contribution is 5.91. The number of carbonyl (C=O) groups excluding carboxylic acids is 1. The smallest absolute Gasteiger partial charge is 0.356 e. The van der Waals surface area contributed by atoms with Crippen LogP contribution in [0.3, 0.4) is 0 Å². The van der Waals surface area contributed by atoms with E-state index in [1.807, 2.05) is 19.2 Å². The molecule has 1 aromatic heterocycles. The quantitative estimate of drug-likeness (QED) is 0.684. The molecule has 0 spiro atoms. The molecule has 0 bridgehead atoms. The second-order valence-electron chi connectivity index (χ2n) is 2.65. The zero-order chi connectivity index (χ0) is 10.4. The van der Waals surface area contributed by atoms with Crippen LogP contribution in [0, 0.1) is 0 Å². The average Bonchev–Trinajstić information content (AvgIpc) is 2.65. The van der Waals surface area contributed by atoms with Crippen LogP contribution in [0.25, 0.3) is 6.08 Å². The van der Waals surface area contributed by atoms with E-state index in [-0.39, 0.29) is 0 Å². The first-order valence-electron chi connectivity index (χ1n) is 4.22. The van der Waals surface area contributed by atoms with Gasteiger partial charge in [0.1, 0.15) is 0 Å². The molecule has 0 unspecified atom stereocenters. The van der Waals surface area contributed by atoms with Crippen LogP contribution in [0.5, 0.6) is 0 Å². The molecule has 0 fully saturated rings. The Balaban J connectivity index is 2.77. The molecule has 1 rings (SSSR count). The van der Waals surface area contributed by atoms with Crippen molar-refractivity contribution in [2.24, 2.45) is 0 Å². The summed E-state index contributed by atoms with van der Waals surface area (Å²) in [7, 11) is 3.19. The molecule has 1 aromatic rings. The molecule has 0 aliphatic heterocycles. The average molecular weight is 195 g/mol. The molecule has 0 saturated carbocycles. The fourth-order valence-corrected chi connectivity index (χ4v) is 0.991. The van der Waals surface area contributed by atoms with E-state index in [2.05, 4.69) is 20.3 Å². The van der Waals surface area contributed by atoms with Crippen molar-refractivity contribution in [3.63, 3.8) is 0 Å². The molecule has 76 valence electrons. The van der Waals surface area contributed by atoms with Gasteiger partial charge in [-0.3, -0.25) is 5.10 Å². The molecule has 0 aromatic carbocycles. The van der Waals surface area contributed by atoms with Gasteiger partial charge in [-0.1, -0.05) is 12.2 Å². The Kier molecular flexibility index (Phi) is 3.87. The number of nitrogens with zero attached hydrogens (tertiary/aromatic N) is 1. The predicted octanol–water partition coefficient (Wildman–Crippen LogP) is 0.429. The number of carbonyl (C=O) groups is 1. The Morgan fingerprint density at radius 1 is 1.79 bits per heavy atom. The van der Waals surface area contributed by atoms with Crippen LogP contribution >= 0.6 is 0 Å². The van der Waals surface area contributed by atoms with E-state index < -0.39 is 5.97 Å². The monoisotopic (exact) mass is 195 g/mol. The van der Waals surface area contributed by atoms with Crippen molar-refractivity contribution in [3.05, 3.63) is 23.5 Å². The summed E-state index contributed by atoms with van der Waals surface area (Å²) in [6, 6.07) is 0. The standard InChI is InChI=1S/C9H13N3O2/c1-10-5-3-4-7-6-11-12-8(7)9(13)14-2/h3-4,6,10H,5H2,1-2H3,(H,11,12). The molecule has 0 radical (unpaired) electrons. The van der Waals surface area contributed by atoms with E-state index >= 15 is 0 Å². The Hall–Kier alpha value is -1.62. The van der Waals surface area contributed by atoms with Crippen LogP contribution in [-0.2, 0) is 4.74 Å². The molecule has 5 nitrogen and oxygen atoms in total. The van der Waals surface area contributed by atoms with Gasteiger partial charge in [0.25, 0.3) is 0 Å². The number of hydrogen-bond donors (Lipinski definition) is 2. The van der Waals surface area contributed by atoms with Gasteiger partial charge in [0, 0.05) is 12.1 Å². The van der Waals surface area contributed by atoms with Gasteiger partial charge in [-0.15, -0.1) is 0 Å². The van der Waals surface area contributed by atoms with Gasteiger partial charge >= 0.3 is 5.97 Å². The molecule has 0 atom stereocenters. The SMILES string of the molecule is CNCC=Cc1cn[nH]c1C(=O)OC. The van der Waals surface area contributed by atoms with Gasteiger partial charge in [-0.05, 0) is 7.05 Å². The van der Waals surface area contributed by atoms with E-state index in [4.69, 9.17) is 0 Å². The Labute approximate surface area is 82.2 Å². The number of methoxy groups -OCH3 is 1. The fourth-order valence-electron chi connectivity index (χ4n) is 0.991. The molecule has 0 saturated heterocycles. The maximum absolute atomic E-state index is 11.2.